The van der Waals surface area contributed by atoms with Crippen LogP contribution in [0.2, 0.25) is 5.15 Å². The highest BCUT2D eigenvalue weighted by atomic mass is 35.5. The lowest BCUT2D eigenvalue weighted by Crippen LogP contribution is -2.26. The molecule has 7 heteroatoms. The van der Waals surface area contributed by atoms with Crippen molar-refractivity contribution < 1.29 is 14.6 Å². The number of esters is 1. The number of fused-ring (bicyclic) bond motifs is 1. The molecule has 0 unspecified atom stereocenters. The number of halogens is 1. The van der Waals surface area contributed by atoms with Crippen molar-refractivity contribution in [1.29, 1.82) is 0 Å². The average molecular weight is 283 g/mol. The zero-order chi connectivity index (χ0) is 14.2. The summed E-state index contributed by atoms with van der Waals surface area (Å²) in [5.74, 6) is -1.31. The predicted octanol–water partition coefficient (Wildman–Crippen LogP) is 1.47. The van der Waals surface area contributed by atoms with Gasteiger partial charge in [-0.2, -0.15) is 0 Å². The van der Waals surface area contributed by atoms with E-state index in [1.807, 2.05) is 0 Å². The topological polar surface area (TPSA) is 81.4 Å². The van der Waals surface area contributed by atoms with Gasteiger partial charge in [0.05, 0.1) is 18.3 Å². The summed E-state index contributed by atoms with van der Waals surface area (Å²) in [4.78, 5) is 27.6. The quantitative estimate of drug-likeness (QED) is 0.666. The molecule has 0 radical (unpaired) electrons. The number of ether oxygens (including phenoxy) is 1. The Morgan fingerprint density at radius 2 is 2.26 bits per heavy atom. The molecule has 0 fully saturated rings. The fourth-order valence-corrected chi connectivity index (χ4v) is 1.94. The first kappa shape index (κ1) is 13.4. The van der Waals surface area contributed by atoms with Gasteiger partial charge in [0.15, 0.2) is 5.56 Å². The Balaban J connectivity index is 2.86. The van der Waals surface area contributed by atoms with Gasteiger partial charge in [0.2, 0.25) is 0 Å². The Morgan fingerprint density at radius 1 is 1.58 bits per heavy atom. The number of rotatable bonds is 2. The largest absolute Gasteiger partial charge is 0.506 e. The smallest absolute Gasteiger partial charge is 0.347 e. The van der Waals surface area contributed by atoms with Crippen LogP contribution in [-0.4, -0.2) is 27.2 Å². The van der Waals surface area contributed by atoms with Crippen LogP contribution < -0.4 is 5.56 Å². The number of hydrogen-bond acceptors (Lipinski definition) is 5. The second-order valence-electron chi connectivity index (χ2n) is 3.83. The van der Waals surface area contributed by atoms with Crippen LogP contribution in [0.1, 0.15) is 17.3 Å². The second-order valence-corrected chi connectivity index (χ2v) is 4.22. The van der Waals surface area contributed by atoms with Crippen molar-refractivity contribution in [1.82, 2.24) is 9.55 Å². The molecule has 6 nitrogen and oxygen atoms in total. The fourth-order valence-electron chi connectivity index (χ4n) is 1.78. The summed E-state index contributed by atoms with van der Waals surface area (Å²) in [5, 5.41) is 10.5. The number of carbonyl (C=O) groups excluding carboxylic acids is 1. The fraction of sp³-hybridized carbons (Fsp3) is 0.250. The second kappa shape index (κ2) is 4.89. The zero-order valence-electron chi connectivity index (χ0n) is 10.3. The SMILES string of the molecule is CCOC(=O)c1c(O)c2cc(Cl)ncc2n(C)c1=O. The van der Waals surface area contributed by atoms with Crippen LogP contribution in [0.4, 0.5) is 0 Å². The van der Waals surface area contributed by atoms with Gasteiger partial charge in [0, 0.05) is 12.4 Å². The van der Waals surface area contributed by atoms with Gasteiger partial charge in [-0.15, -0.1) is 0 Å². The van der Waals surface area contributed by atoms with Crippen LogP contribution >= 0.6 is 11.6 Å². The van der Waals surface area contributed by atoms with Crippen molar-refractivity contribution in [2.45, 2.75) is 6.92 Å². The van der Waals surface area contributed by atoms with E-state index in [2.05, 4.69) is 4.98 Å². The van der Waals surface area contributed by atoms with Crippen LogP contribution in [0.5, 0.6) is 5.75 Å². The van der Waals surface area contributed by atoms with Crippen molar-refractivity contribution in [3.8, 4) is 5.75 Å². The molecule has 2 aromatic heterocycles. The van der Waals surface area contributed by atoms with Gasteiger partial charge in [-0.1, -0.05) is 11.6 Å². The highest BCUT2D eigenvalue weighted by Gasteiger charge is 2.22. The molecule has 0 amide bonds. The van der Waals surface area contributed by atoms with Crippen LogP contribution in [0, 0.1) is 0 Å². The molecule has 2 rings (SSSR count). The third-order valence-corrected chi connectivity index (χ3v) is 2.91. The number of hydrogen-bond donors (Lipinski definition) is 1. The molecule has 0 saturated heterocycles. The molecular formula is C12H11ClN2O4. The molecule has 2 heterocycles. The first-order valence-electron chi connectivity index (χ1n) is 5.51. The van der Waals surface area contributed by atoms with Gasteiger partial charge < -0.3 is 14.4 Å². The first-order valence-corrected chi connectivity index (χ1v) is 5.89. The van der Waals surface area contributed by atoms with Crippen molar-refractivity contribution in [3.05, 3.63) is 33.3 Å². The van der Waals surface area contributed by atoms with E-state index in [1.54, 1.807) is 6.92 Å². The van der Waals surface area contributed by atoms with E-state index in [1.165, 1.54) is 23.9 Å². The number of nitrogens with zero attached hydrogens (tertiary/aromatic N) is 2. The highest BCUT2D eigenvalue weighted by Crippen LogP contribution is 2.27. The Morgan fingerprint density at radius 3 is 2.89 bits per heavy atom. The van der Waals surface area contributed by atoms with Crippen LogP contribution in [0.15, 0.2) is 17.1 Å². The van der Waals surface area contributed by atoms with Crippen LogP contribution in [0.3, 0.4) is 0 Å². The number of carbonyl (C=O) groups is 1. The number of aryl methyl sites for hydroxylation is 1. The molecule has 100 valence electrons. The Bertz CT molecular complexity index is 724. The Kier molecular flexibility index (Phi) is 3.44. The minimum atomic E-state index is -0.865. The number of pyridine rings is 2. The van der Waals surface area contributed by atoms with E-state index >= 15 is 0 Å². The highest BCUT2D eigenvalue weighted by molar-refractivity contribution is 6.30. The Labute approximate surface area is 113 Å². The lowest BCUT2D eigenvalue weighted by atomic mass is 10.1. The van der Waals surface area contributed by atoms with Crippen molar-refractivity contribution in [2.24, 2.45) is 7.05 Å². The van der Waals surface area contributed by atoms with Crippen LogP contribution in [0.25, 0.3) is 10.9 Å². The minimum absolute atomic E-state index is 0.108. The Hall–Kier alpha value is -2.08. The third-order valence-electron chi connectivity index (χ3n) is 2.70. The predicted molar refractivity (Wildman–Crippen MR) is 69.6 cm³/mol. The number of aromatic nitrogens is 2. The molecule has 0 aliphatic rings. The monoisotopic (exact) mass is 282 g/mol. The molecule has 0 atom stereocenters. The average Bonchev–Trinajstić information content (AvgIpc) is 2.36. The summed E-state index contributed by atoms with van der Waals surface area (Å²) in [7, 11) is 1.47. The maximum absolute atomic E-state index is 12.0. The van der Waals surface area contributed by atoms with E-state index in [0.717, 1.165) is 0 Å². The summed E-state index contributed by atoms with van der Waals surface area (Å²) in [6.45, 7) is 1.72. The molecule has 2 aromatic rings. The lowest BCUT2D eigenvalue weighted by molar-refractivity contribution is 0.0520. The van der Waals surface area contributed by atoms with Gasteiger partial charge in [-0.05, 0) is 13.0 Å². The van der Waals surface area contributed by atoms with Crippen molar-refractivity contribution in [2.75, 3.05) is 6.61 Å². The van der Waals surface area contributed by atoms with Crippen LogP contribution in [-0.2, 0) is 11.8 Å². The minimum Gasteiger partial charge on any atom is -0.506 e. The standard InChI is InChI=1S/C12H11ClN2O4/c1-3-19-12(18)9-10(16)6-4-8(13)14-5-7(6)15(2)11(9)17/h4-5,16H,3H2,1-2H3. The zero-order valence-corrected chi connectivity index (χ0v) is 11.1. The molecular weight excluding hydrogens is 272 g/mol. The first-order chi connectivity index (χ1) is 8.97. The summed E-state index contributed by atoms with van der Waals surface area (Å²) < 4.78 is 5.98. The van der Waals surface area contributed by atoms with E-state index < -0.39 is 22.8 Å². The maximum Gasteiger partial charge on any atom is 0.347 e. The molecule has 0 spiro atoms. The summed E-state index contributed by atoms with van der Waals surface area (Å²) in [5.41, 5.74) is -0.674. The van der Waals surface area contributed by atoms with E-state index in [0.29, 0.717) is 5.52 Å². The number of aromatic hydroxyl groups is 1. The van der Waals surface area contributed by atoms with Gasteiger partial charge >= 0.3 is 5.97 Å². The van der Waals surface area contributed by atoms with E-state index in [9.17, 15) is 14.7 Å². The molecule has 0 bridgehead atoms. The van der Waals surface area contributed by atoms with E-state index in [-0.39, 0.29) is 17.1 Å². The van der Waals surface area contributed by atoms with E-state index in [4.69, 9.17) is 16.3 Å². The molecule has 19 heavy (non-hydrogen) atoms. The molecule has 0 aliphatic heterocycles. The molecule has 0 saturated carbocycles. The van der Waals surface area contributed by atoms with Gasteiger partial charge in [0.25, 0.3) is 5.56 Å². The summed E-state index contributed by atoms with van der Waals surface area (Å²) >= 11 is 5.75. The molecule has 0 aliphatic carbocycles. The lowest BCUT2D eigenvalue weighted by Gasteiger charge is -2.10. The molecule has 1 N–H and O–H groups in total. The third kappa shape index (κ3) is 2.15. The van der Waals surface area contributed by atoms with Gasteiger partial charge in [-0.25, -0.2) is 9.78 Å². The van der Waals surface area contributed by atoms with Crippen molar-refractivity contribution >= 4 is 28.5 Å². The van der Waals surface area contributed by atoms with Crippen molar-refractivity contribution in [3.63, 3.8) is 0 Å². The van der Waals surface area contributed by atoms with Gasteiger partial charge in [-0.3, -0.25) is 4.79 Å². The van der Waals surface area contributed by atoms with Gasteiger partial charge in [0.1, 0.15) is 10.9 Å². The normalized spacial score (nSPS) is 10.7. The maximum atomic E-state index is 12.0. The molecule has 0 aromatic carbocycles. The summed E-state index contributed by atoms with van der Waals surface area (Å²) in [6, 6.07) is 1.38. The summed E-state index contributed by atoms with van der Waals surface area (Å²) in [6.07, 6.45) is 1.35.